The molecule has 3 heteroatoms. The summed E-state index contributed by atoms with van der Waals surface area (Å²) < 4.78 is 0. The van der Waals surface area contributed by atoms with Crippen LogP contribution < -0.4 is 0 Å². The second-order valence-corrected chi connectivity index (χ2v) is 14.9. The maximum Gasteiger partial charge on any atom is 0.0998 e. The summed E-state index contributed by atoms with van der Waals surface area (Å²) in [5, 5.41) is 12.4. The number of nitriles is 1. The van der Waals surface area contributed by atoms with Gasteiger partial charge in [-0.3, -0.25) is 0 Å². The molecule has 0 aliphatic rings. The number of hydrogen-bond acceptors (Lipinski definition) is 3. The zero-order chi connectivity index (χ0) is 40.3. The summed E-state index contributed by atoms with van der Waals surface area (Å²) in [5.74, 6) is 0. The molecule has 0 N–H and O–H groups in total. The summed E-state index contributed by atoms with van der Waals surface area (Å²) in [4.78, 5) is 10.1. The molecule has 0 saturated heterocycles. The van der Waals surface area contributed by atoms with Crippen LogP contribution in [0.2, 0.25) is 0 Å². The number of fused-ring (bicyclic) bond motifs is 1. The molecule has 0 atom stereocenters. The Bertz CT molecular complexity index is 3040. The predicted octanol–water partition coefficient (Wildman–Crippen LogP) is 14.8. The van der Waals surface area contributed by atoms with Gasteiger partial charge in [0.15, 0.2) is 0 Å². The van der Waals surface area contributed by atoms with Crippen LogP contribution in [0, 0.1) is 11.3 Å². The summed E-state index contributed by atoms with van der Waals surface area (Å²) in [5.41, 5.74) is 17.3. The number of nitrogens with zero attached hydrogens (tertiary/aromatic N) is 3. The van der Waals surface area contributed by atoms with Gasteiger partial charge in [0.1, 0.15) is 0 Å². The second kappa shape index (κ2) is 16.0. The van der Waals surface area contributed by atoms with E-state index in [4.69, 9.17) is 9.97 Å². The van der Waals surface area contributed by atoms with Crippen LogP contribution in [-0.2, 0) is 0 Å². The van der Waals surface area contributed by atoms with Crippen LogP contribution in [0.4, 0.5) is 0 Å². The minimum Gasteiger partial charge on any atom is -0.248 e. The van der Waals surface area contributed by atoms with Gasteiger partial charge in [-0.25, -0.2) is 9.97 Å². The zero-order valence-corrected chi connectivity index (χ0v) is 32.7. The molecule has 3 nitrogen and oxygen atoms in total. The number of benzene rings is 8. The van der Waals surface area contributed by atoms with Crippen LogP contribution in [0.25, 0.3) is 100 Å². The molecule has 2 aromatic heterocycles. The molecule has 280 valence electrons. The first-order chi connectivity index (χ1) is 29.6. The molecule has 0 amide bonds. The molecular weight excluding hydrogens is 727 g/mol. The van der Waals surface area contributed by atoms with E-state index in [2.05, 4.69) is 176 Å². The maximum absolute atomic E-state index is 10.3. The standard InChI is InChI=1S/C57H37N3/c58-38-52-32-48-30-29-47(39-21-23-40(24-22-39)50-34-54(43-13-5-1-6-14-43)59-55(35-50)44-15-7-2-8-16-44)31-49(48)33-53(52)42-27-25-41(26-28-42)51-36-56(45-17-9-3-10-18-45)60-57(37-51)46-19-11-4-12-20-46/h1-37H. The van der Waals surface area contributed by atoms with Crippen molar-refractivity contribution >= 4 is 10.8 Å². The Labute approximate surface area is 350 Å². The van der Waals surface area contributed by atoms with Crippen molar-refractivity contribution < 1.29 is 0 Å². The summed E-state index contributed by atoms with van der Waals surface area (Å²) >= 11 is 0. The lowest BCUT2D eigenvalue weighted by Crippen LogP contribution is -1.91. The van der Waals surface area contributed by atoms with Crippen molar-refractivity contribution in [3.63, 3.8) is 0 Å². The molecule has 0 fully saturated rings. The first-order valence-corrected chi connectivity index (χ1v) is 20.1. The molecule has 0 radical (unpaired) electrons. The summed E-state index contributed by atoms with van der Waals surface area (Å²) in [7, 11) is 0. The Kier molecular flexibility index (Phi) is 9.64. The van der Waals surface area contributed by atoms with Crippen LogP contribution in [-0.4, -0.2) is 9.97 Å². The minimum absolute atomic E-state index is 0.649. The molecule has 60 heavy (non-hydrogen) atoms. The molecule has 10 rings (SSSR count). The molecule has 10 aromatic rings. The fourth-order valence-corrected chi connectivity index (χ4v) is 7.93. The second-order valence-electron chi connectivity index (χ2n) is 14.9. The third kappa shape index (κ3) is 7.38. The van der Waals surface area contributed by atoms with Gasteiger partial charge in [-0.1, -0.05) is 182 Å². The van der Waals surface area contributed by atoms with Crippen molar-refractivity contribution in [1.29, 1.82) is 5.26 Å². The van der Waals surface area contributed by atoms with Crippen molar-refractivity contribution in [2.75, 3.05) is 0 Å². The summed E-state index contributed by atoms with van der Waals surface area (Å²) in [6, 6.07) is 80.4. The Balaban J connectivity index is 0.970. The van der Waals surface area contributed by atoms with E-state index in [1.807, 2.05) is 54.6 Å². The number of aromatic nitrogens is 2. The molecule has 0 spiro atoms. The lowest BCUT2D eigenvalue weighted by molar-refractivity contribution is 1.32. The van der Waals surface area contributed by atoms with Crippen LogP contribution in [0.3, 0.4) is 0 Å². The summed E-state index contributed by atoms with van der Waals surface area (Å²) in [6.45, 7) is 0. The van der Waals surface area contributed by atoms with Crippen LogP contribution >= 0.6 is 0 Å². The van der Waals surface area contributed by atoms with Crippen molar-refractivity contribution in [2.45, 2.75) is 0 Å². The van der Waals surface area contributed by atoms with E-state index in [0.29, 0.717) is 5.56 Å². The molecule has 2 heterocycles. The smallest absolute Gasteiger partial charge is 0.0998 e. The van der Waals surface area contributed by atoms with Crippen LogP contribution in [0.5, 0.6) is 0 Å². The predicted molar refractivity (Wildman–Crippen MR) is 248 cm³/mol. The van der Waals surface area contributed by atoms with E-state index in [1.165, 1.54) is 0 Å². The Morgan fingerprint density at radius 3 is 1.00 bits per heavy atom. The SMILES string of the molecule is N#Cc1cc2ccc(-c3ccc(-c4cc(-c5ccccc5)nc(-c5ccccc5)c4)cc3)cc2cc1-c1ccc(-c2cc(-c3ccccc3)nc(-c3ccccc3)c2)cc1. The van der Waals surface area contributed by atoms with E-state index in [9.17, 15) is 5.26 Å². The van der Waals surface area contributed by atoms with Crippen molar-refractivity contribution in [1.82, 2.24) is 9.97 Å². The van der Waals surface area contributed by atoms with E-state index in [0.717, 1.165) is 100 Å². The number of hydrogen-bond donors (Lipinski definition) is 0. The van der Waals surface area contributed by atoms with Gasteiger partial charge in [-0.2, -0.15) is 5.26 Å². The highest BCUT2D eigenvalue weighted by molar-refractivity contribution is 5.94. The van der Waals surface area contributed by atoms with Gasteiger partial charge in [-0.05, 0) is 92.2 Å². The lowest BCUT2D eigenvalue weighted by Gasteiger charge is -2.12. The average Bonchev–Trinajstić information content (AvgIpc) is 3.34. The van der Waals surface area contributed by atoms with Gasteiger partial charge in [-0.15, -0.1) is 0 Å². The first kappa shape index (κ1) is 36.2. The van der Waals surface area contributed by atoms with E-state index >= 15 is 0 Å². The zero-order valence-electron chi connectivity index (χ0n) is 32.7. The van der Waals surface area contributed by atoms with Gasteiger partial charge in [0, 0.05) is 27.8 Å². The van der Waals surface area contributed by atoms with Gasteiger partial charge < -0.3 is 0 Å². The molecule has 0 saturated carbocycles. The van der Waals surface area contributed by atoms with Crippen LogP contribution in [0.15, 0.2) is 224 Å². The van der Waals surface area contributed by atoms with Gasteiger partial charge in [0.25, 0.3) is 0 Å². The number of pyridine rings is 2. The molecular formula is C57H37N3. The summed E-state index contributed by atoms with van der Waals surface area (Å²) in [6.07, 6.45) is 0. The highest BCUT2D eigenvalue weighted by Gasteiger charge is 2.13. The largest absolute Gasteiger partial charge is 0.248 e. The van der Waals surface area contributed by atoms with Crippen molar-refractivity contribution in [3.8, 4) is 95.6 Å². The van der Waals surface area contributed by atoms with Gasteiger partial charge in [0.05, 0.1) is 34.4 Å². The van der Waals surface area contributed by atoms with E-state index in [-0.39, 0.29) is 0 Å². The maximum atomic E-state index is 10.3. The number of rotatable bonds is 8. The van der Waals surface area contributed by atoms with Gasteiger partial charge >= 0.3 is 0 Å². The average molecular weight is 764 g/mol. The van der Waals surface area contributed by atoms with E-state index < -0.39 is 0 Å². The minimum atomic E-state index is 0.649. The quantitative estimate of drug-likeness (QED) is 0.155. The van der Waals surface area contributed by atoms with Crippen molar-refractivity contribution in [2.24, 2.45) is 0 Å². The van der Waals surface area contributed by atoms with E-state index in [1.54, 1.807) is 0 Å². The highest BCUT2D eigenvalue weighted by atomic mass is 14.7. The molecule has 0 aliphatic carbocycles. The third-order valence-corrected chi connectivity index (χ3v) is 11.1. The lowest BCUT2D eigenvalue weighted by atomic mass is 9.92. The molecule has 0 aliphatic heterocycles. The molecule has 0 unspecified atom stereocenters. The fourth-order valence-electron chi connectivity index (χ4n) is 7.93. The Hall–Kier alpha value is -8.19. The van der Waals surface area contributed by atoms with Crippen molar-refractivity contribution in [3.05, 3.63) is 230 Å². The highest BCUT2D eigenvalue weighted by Crippen LogP contribution is 2.36. The third-order valence-electron chi connectivity index (χ3n) is 11.1. The first-order valence-electron chi connectivity index (χ1n) is 20.1. The Morgan fingerprint density at radius 1 is 0.267 bits per heavy atom. The monoisotopic (exact) mass is 763 g/mol. The van der Waals surface area contributed by atoms with Crippen LogP contribution in [0.1, 0.15) is 5.56 Å². The van der Waals surface area contributed by atoms with Gasteiger partial charge in [0.2, 0.25) is 0 Å². The Morgan fingerprint density at radius 2 is 0.617 bits per heavy atom. The fraction of sp³-hybridized carbons (Fsp3) is 0. The molecule has 0 bridgehead atoms. The topological polar surface area (TPSA) is 49.6 Å². The molecule has 8 aromatic carbocycles. The normalized spacial score (nSPS) is 11.0.